The molecule has 15 heavy (non-hydrogen) atoms. The van der Waals surface area contributed by atoms with Gasteiger partial charge in [0.2, 0.25) is 0 Å². The highest BCUT2D eigenvalue weighted by Gasteiger charge is 2.13. The maximum Gasteiger partial charge on any atom is 0.305 e. The van der Waals surface area contributed by atoms with Crippen LogP contribution in [-0.2, 0) is 4.79 Å². The van der Waals surface area contributed by atoms with Crippen LogP contribution in [0.3, 0.4) is 0 Å². The number of hydrogen-bond donors (Lipinski definition) is 2. The Bertz CT molecular complexity index is 377. The molecule has 0 bridgehead atoms. The molecule has 1 heterocycles. The lowest BCUT2D eigenvalue weighted by Gasteiger charge is -2.10. The molecule has 1 aromatic heterocycles. The van der Waals surface area contributed by atoms with Crippen LogP contribution in [0.2, 0.25) is 0 Å². The fourth-order valence-electron chi connectivity index (χ4n) is 1.05. The van der Waals surface area contributed by atoms with Gasteiger partial charge in [0.25, 0.3) is 5.91 Å². The van der Waals surface area contributed by atoms with Gasteiger partial charge in [0.1, 0.15) is 0 Å². The predicted octanol–water partition coefficient (Wildman–Crippen LogP) is 1.95. The average Bonchev–Trinajstić information content (AvgIpc) is 2.49. The third-order valence-electron chi connectivity index (χ3n) is 1.69. The van der Waals surface area contributed by atoms with Gasteiger partial charge in [-0.05, 0) is 35.6 Å². The van der Waals surface area contributed by atoms with Gasteiger partial charge in [-0.1, -0.05) is 0 Å². The molecule has 0 aliphatic carbocycles. The molecular weight excluding hydrogens is 329 g/mol. The van der Waals surface area contributed by atoms with E-state index in [1.165, 1.54) is 11.3 Å². The summed E-state index contributed by atoms with van der Waals surface area (Å²) in [5.74, 6) is -1.13. The Balaban J connectivity index is 2.52. The molecule has 1 aromatic rings. The van der Waals surface area contributed by atoms with E-state index in [4.69, 9.17) is 5.11 Å². The number of amides is 1. The van der Waals surface area contributed by atoms with E-state index >= 15 is 0 Å². The van der Waals surface area contributed by atoms with Gasteiger partial charge < -0.3 is 10.4 Å². The molecular formula is C9H10INO3S. The zero-order valence-corrected chi connectivity index (χ0v) is 11.0. The largest absolute Gasteiger partial charge is 0.481 e. The van der Waals surface area contributed by atoms with Crippen molar-refractivity contribution in [2.75, 3.05) is 0 Å². The molecule has 0 spiro atoms. The number of carboxylic acid groups (broad SMARTS) is 1. The van der Waals surface area contributed by atoms with Crippen LogP contribution in [-0.4, -0.2) is 23.0 Å². The van der Waals surface area contributed by atoms with Crippen LogP contribution in [0.1, 0.15) is 23.7 Å². The summed E-state index contributed by atoms with van der Waals surface area (Å²) >= 11 is 3.62. The summed E-state index contributed by atoms with van der Waals surface area (Å²) in [6, 6.07) is 1.42. The fourth-order valence-corrected chi connectivity index (χ4v) is 2.38. The van der Waals surface area contributed by atoms with Crippen LogP contribution < -0.4 is 5.32 Å². The molecule has 0 aliphatic heterocycles. The molecule has 82 valence electrons. The number of carbonyl (C=O) groups is 2. The minimum Gasteiger partial charge on any atom is -0.481 e. The molecule has 2 N–H and O–H groups in total. The van der Waals surface area contributed by atoms with Crippen molar-refractivity contribution in [3.05, 3.63) is 19.9 Å². The zero-order chi connectivity index (χ0) is 11.4. The summed E-state index contributed by atoms with van der Waals surface area (Å²) < 4.78 is 1.03. The quantitative estimate of drug-likeness (QED) is 0.824. The Morgan fingerprint density at radius 2 is 2.33 bits per heavy atom. The molecule has 0 fully saturated rings. The number of carboxylic acids is 1. The summed E-state index contributed by atoms with van der Waals surface area (Å²) in [7, 11) is 0. The SMILES string of the molecule is CC(CC(=O)O)NC(=O)c1csc(I)c1. The van der Waals surface area contributed by atoms with E-state index in [-0.39, 0.29) is 18.4 Å². The number of nitrogens with one attached hydrogen (secondary N) is 1. The van der Waals surface area contributed by atoms with Gasteiger partial charge in [0, 0.05) is 11.4 Å². The van der Waals surface area contributed by atoms with Crippen LogP contribution in [0, 0.1) is 2.88 Å². The van der Waals surface area contributed by atoms with E-state index in [1.807, 2.05) is 0 Å². The molecule has 0 saturated heterocycles. The van der Waals surface area contributed by atoms with E-state index in [0.29, 0.717) is 5.56 Å². The normalized spacial score (nSPS) is 12.1. The van der Waals surface area contributed by atoms with E-state index in [1.54, 1.807) is 18.4 Å². The van der Waals surface area contributed by atoms with Gasteiger partial charge in [-0.25, -0.2) is 0 Å². The van der Waals surface area contributed by atoms with Crippen LogP contribution in [0.5, 0.6) is 0 Å². The van der Waals surface area contributed by atoms with E-state index < -0.39 is 5.97 Å². The molecule has 1 amide bonds. The highest BCUT2D eigenvalue weighted by atomic mass is 127. The molecule has 1 rings (SSSR count). The summed E-state index contributed by atoms with van der Waals surface area (Å²) in [4.78, 5) is 21.9. The van der Waals surface area contributed by atoms with Crippen molar-refractivity contribution in [2.45, 2.75) is 19.4 Å². The van der Waals surface area contributed by atoms with E-state index in [9.17, 15) is 9.59 Å². The number of carbonyl (C=O) groups excluding carboxylic acids is 1. The molecule has 1 atom stereocenters. The number of hydrogen-bond acceptors (Lipinski definition) is 3. The second-order valence-electron chi connectivity index (χ2n) is 3.11. The van der Waals surface area contributed by atoms with Gasteiger partial charge in [-0.3, -0.25) is 9.59 Å². The highest BCUT2D eigenvalue weighted by Crippen LogP contribution is 2.16. The third kappa shape index (κ3) is 4.17. The topological polar surface area (TPSA) is 66.4 Å². The van der Waals surface area contributed by atoms with Crippen LogP contribution in [0.4, 0.5) is 0 Å². The van der Waals surface area contributed by atoms with Crippen LogP contribution in [0.15, 0.2) is 11.4 Å². The first-order valence-corrected chi connectivity index (χ1v) is 6.21. The summed E-state index contributed by atoms with van der Waals surface area (Å²) in [5.41, 5.74) is 0.585. The molecule has 0 radical (unpaired) electrons. The smallest absolute Gasteiger partial charge is 0.305 e. The van der Waals surface area contributed by atoms with Crippen LogP contribution in [0.25, 0.3) is 0 Å². The van der Waals surface area contributed by atoms with Gasteiger partial charge in [-0.2, -0.15) is 0 Å². The Hall–Kier alpha value is -0.630. The van der Waals surface area contributed by atoms with Crippen molar-refractivity contribution in [3.63, 3.8) is 0 Å². The average molecular weight is 339 g/mol. The lowest BCUT2D eigenvalue weighted by Crippen LogP contribution is -2.33. The first kappa shape index (κ1) is 12.4. The van der Waals surface area contributed by atoms with Crippen LogP contribution >= 0.6 is 33.9 Å². The number of thiophene rings is 1. The Morgan fingerprint density at radius 1 is 1.67 bits per heavy atom. The van der Waals surface area contributed by atoms with Gasteiger partial charge in [-0.15, -0.1) is 11.3 Å². The molecule has 0 aliphatic rings. The van der Waals surface area contributed by atoms with Gasteiger partial charge >= 0.3 is 5.97 Å². The number of rotatable bonds is 4. The second kappa shape index (κ2) is 5.45. The Morgan fingerprint density at radius 3 is 2.80 bits per heavy atom. The van der Waals surface area contributed by atoms with Crippen molar-refractivity contribution in [2.24, 2.45) is 0 Å². The number of aliphatic carboxylic acids is 1. The summed E-state index contributed by atoms with van der Waals surface area (Å²) in [5, 5.41) is 12.9. The lowest BCUT2D eigenvalue weighted by molar-refractivity contribution is -0.137. The van der Waals surface area contributed by atoms with E-state index in [0.717, 1.165) is 2.88 Å². The van der Waals surface area contributed by atoms with E-state index in [2.05, 4.69) is 27.9 Å². The summed E-state index contributed by atoms with van der Waals surface area (Å²) in [6.07, 6.45) is -0.0625. The predicted molar refractivity (Wildman–Crippen MR) is 66.2 cm³/mol. The highest BCUT2D eigenvalue weighted by molar-refractivity contribution is 14.1. The second-order valence-corrected chi connectivity index (χ2v) is 5.92. The van der Waals surface area contributed by atoms with Gasteiger partial charge in [0.05, 0.1) is 14.9 Å². The van der Waals surface area contributed by atoms with Crippen molar-refractivity contribution < 1.29 is 14.7 Å². The Kier molecular flexibility index (Phi) is 4.52. The molecule has 0 saturated carbocycles. The van der Waals surface area contributed by atoms with Gasteiger partial charge in [0.15, 0.2) is 0 Å². The molecule has 6 heteroatoms. The standard InChI is InChI=1S/C9H10INO3S/c1-5(2-8(12)13)11-9(14)6-3-7(10)15-4-6/h3-5H,2H2,1H3,(H,11,14)(H,12,13). The lowest BCUT2D eigenvalue weighted by atomic mass is 10.2. The fraction of sp³-hybridized carbons (Fsp3) is 0.333. The minimum atomic E-state index is -0.914. The monoisotopic (exact) mass is 339 g/mol. The maximum absolute atomic E-state index is 11.5. The molecule has 1 unspecified atom stereocenters. The third-order valence-corrected chi connectivity index (χ3v) is 3.48. The Labute approximate surface area is 105 Å². The van der Waals surface area contributed by atoms with Crippen molar-refractivity contribution >= 4 is 45.8 Å². The van der Waals surface area contributed by atoms with Crippen molar-refractivity contribution in [3.8, 4) is 0 Å². The van der Waals surface area contributed by atoms with Crippen molar-refractivity contribution in [1.82, 2.24) is 5.32 Å². The zero-order valence-electron chi connectivity index (χ0n) is 7.99. The summed E-state index contributed by atoms with van der Waals surface area (Å²) in [6.45, 7) is 1.67. The number of halogens is 1. The van der Waals surface area contributed by atoms with Crippen molar-refractivity contribution in [1.29, 1.82) is 0 Å². The first-order valence-electron chi connectivity index (χ1n) is 4.25. The molecule has 4 nitrogen and oxygen atoms in total. The first-order chi connectivity index (χ1) is 6.99. The minimum absolute atomic E-state index is 0.0625. The molecule has 0 aromatic carbocycles. The maximum atomic E-state index is 11.5.